The molecule has 100 valence electrons. The molecular weight excluding hydrogens is 254 g/mol. The molecule has 2 aromatic heterocycles. The van der Waals surface area contributed by atoms with E-state index in [9.17, 15) is 5.11 Å². The third-order valence-electron chi connectivity index (χ3n) is 2.87. The Hall–Kier alpha value is -2.89. The molecule has 0 saturated heterocycles. The number of nitrogens with zero attached hydrogens (tertiary/aromatic N) is 4. The molecule has 0 fully saturated rings. The highest BCUT2D eigenvalue weighted by Crippen LogP contribution is 2.24. The largest absolute Gasteiger partial charge is 0.508 e. The molecule has 3 aromatic rings. The van der Waals surface area contributed by atoms with E-state index in [1.54, 1.807) is 41.2 Å². The Kier molecular flexibility index (Phi) is 2.83. The van der Waals surface area contributed by atoms with E-state index in [-0.39, 0.29) is 5.75 Å². The number of rotatable bonds is 2. The van der Waals surface area contributed by atoms with Gasteiger partial charge in [0, 0.05) is 30.4 Å². The maximum atomic E-state index is 9.32. The smallest absolute Gasteiger partial charge is 0.162 e. The van der Waals surface area contributed by atoms with E-state index >= 15 is 0 Å². The van der Waals surface area contributed by atoms with Crippen molar-refractivity contribution in [2.24, 2.45) is 7.05 Å². The highest BCUT2D eigenvalue weighted by atomic mass is 16.3. The van der Waals surface area contributed by atoms with Gasteiger partial charge in [0.25, 0.3) is 0 Å². The summed E-state index contributed by atoms with van der Waals surface area (Å²) in [5.74, 6) is 1.11. The fourth-order valence-corrected chi connectivity index (χ4v) is 1.91. The van der Waals surface area contributed by atoms with Crippen molar-refractivity contribution in [2.75, 3.05) is 5.73 Å². The van der Waals surface area contributed by atoms with E-state index in [1.807, 2.05) is 13.2 Å². The molecule has 0 aliphatic carbocycles. The van der Waals surface area contributed by atoms with Crippen LogP contribution in [0, 0.1) is 0 Å². The van der Waals surface area contributed by atoms with Crippen molar-refractivity contribution in [2.45, 2.75) is 0 Å². The zero-order valence-corrected chi connectivity index (χ0v) is 10.9. The minimum atomic E-state index is 0.199. The van der Waals surface area contributed by atoms with Gasteiger partial charge in [-0.05, 0) is 24.3 Å². The number of phenols is 1. The normalized spacial score (nSPS) is 10.7. The second kappa shape index (κ2) is 4.65. The van der Waals surface area contributed by atoms with Crippen molar-refractivity contribution in [1.82, 2.24) is 19.7 Å². The molecule has 20 heavy (non-hydrogen) atoms. The summed E-state index contributed by atoms with van der Waals surface area (Å²) < 4.78 is 1.70. The van der Waals surface area contributed by atoms with Gasteiger partial charge in [-0.25, -0.2) is 9.97 Å². The second-order valence-electron chi connectivity index (χ2n) is 4.45. The van der Waals surface area contributed by atoms with Gasteiger partial charge in [-0.15, -0.1) is 0 Å². The number of hydrogen-bond donors (Lipinski definition) is 2. The fourth-order valence-electron chi connectivity index (χ4n) is 1.91. The number of phenolic OH excluding ortho intramolecular Hbond substituents is 1. The van der Waals surface area contributed by atoms with Gasteiger partial charge < -0.3 is 10.8 Å². The minimum Gasteiger partial charge on any atom is -0.508 e. The zero-order valence-electron chi connectivity index (χ0n) is 10.9. The van der Waals surface area contributed by atoms with Crippen molar-refractivity contribution in [3.63, 3.8) is 0 Å². The summed E-state index contributed by atoms with van der Waals surface area (Å²) in [6.07, 6.45) is 3.59. The van der Waals surface area contributed by atoms with Crippen molar-refractivity contribution >= 4 is 5.82 Å². The third-order valence-corrected chi connectivity index (χ3v) is 2.87. The number of anilines is 1. The van der Waals surface area contributed by atoms with Gasteiger partial charge in [-0.2, -0.15) is 5.10 Å². The summed E-state index contributed by atoms with van der Waals surface area (Å²) in [5.41, 5.74) is 8.23. The molecule has 3 N–H and O–H groups in total. The summed E-state index contributed by atoms with van der Waals surface area (Å²) in [7, 11) is 1.84. The first-order valence-electron chi connectivity index (χ1n) is 6.05. The standard InChI is InChI=1S/C14H13N5O/c1-19-8-10(7-16-19)12-6-13(15)18-14(17-12)9-2-4-11(20)5-3-9/h2-8,20H,1H3,(H2,15,17,18). The van der Waals surface area contributed by atoms with Crippen LogP contribution in [-0.2, 0) is 7.05 Å². The highest BCUT2D eigenvalue weighted by molar-refractivity contribution is 5.66. The molecule has 0 radical (unpaired) electrons. The van der Waals surface area contributed by atoms with Crippen molar-refractivity contribution in [3.8, 4) is 28.4 Å². The van der Waals surface area contributed by atoms with E-state index in [2.05, 4.69) is 15.1 Å². The Labute approximate surface area is 115 Å². The van der Waals surface area contributed by atoms with E-state index < -0.39 is 0 Å². The fraction of sp³-hybridized carbons (Fsp3) is 0.0714. The van der Waals surface area contributed by atoms with Crippen LogP contribution in [0.2, 0.25) is 0 Å². The molecule has 0 saturated carbocycles. The Morgan fingerprint density at radius 1 is 1.10 bits per heavy atom. The topological polar surface area (TPSA) is 89.9 Å². The second-order valence-corrected chi connectivity index (χ2v) is 4.45. The molecule has 0 atom stereocenters. The first kappa shape index (κ1) is 12.2. The lowest BCUT2D eigenvalue weighted by Crippen LogP contribution is -1.97. The molecule has 1 aromatic carbocycles. The summed E-state index contributed by atoms with van der Waals surface area (Å²) >= 11 is 0. The summed E-state index contributed by atoms with van der Waals surface area (Å²) in [5, 5.41) is 13.4. The zero-order chi connectivity index (χ0) is 14.1. The van der Waals surface area contributed by atoms with Crippen molar-refractivity contribution < 1.29 is 5.11 Å². The lowest BCUT2D eigenvalue weighted by atomic mass is 10.2. The maximum Gasteiger partial charge on any atom is 0.162 e. The monoisotopic (exact) mass is 267 g/mol. The molecule has 6 heteroatoms. The molecule has 0 unspecified atom stereocenters. The molecule has 2 heterocycles. The van der Waals surface area contributed by atoms with E-state index in [0.717, 1.165) is 11.1 Å². The number of benzene rings is 1. The number of nitrogens with two attached hydrogens (primary N) is 1. The Morgan fingerprint density at radius 3 is 2.50 bits per heavy atom. The molecule has 0 aliphatic heterocycles. The first-order chi connectivity index (χ1) is 9.61. The van der Waals surface area contributed by atoms with Crippen LogP contribution >= 0.6 is 0 Å². The van der Waals surface area contributed by atoms with Gasteiger partial charge in [0.1, 0.15) is 11.6 Å². The molecular formula is C14H13N5O. The molecule has 6 nitrogen and oxygen atoms in total. The summed E-state index contributed by atoms with van der Waals surface area (Å²) in [6, 6.07) is 8.38. The molecule has 0 spiro atoms. The number of aromatic nitrogens is 4. The predicted octanol–water partition coefficient (Wildman–Crippen LogP) is 1.83. The van der Waals surface area contributed by atoms with Gasteiger partial charge in [-0.3, -0.25) is 4.68 Å². The quantitative estimate of drug-likeness (QED) is 0.739. The Balaban J connectivity index is 2.09. The van der Waals surface area contributed by atoms with Gasteiger partial charge in [0.15, 0.2) is 5.82 Å². The van der Waals surface area contributed by atoms with Gasteiger partial charge in [0.2, 0.25) is 0 Å². The number of aryl methyl sites for hydroxylation is 1. The van der Waals surface area contributed by atoms with Crippen LogP contribution in [0.1, 0.15) is 0 Å². The number of hydrogen-bond acceptors (Lipinski definition) is 5. The first-order valence-corrected chi connectivity index (χ1v) is 6.05. The molecule has 0 bridgehead atoms. The summed E-state index contributed by atoms with van der Waals surface area (Å²) in [4.78, 5) is 8.71. The van der Waals surface area contributed by atoms with E-state index in [4.69, 9.17) is 5.73 Å². The van der Waals surface area contributed by atoms with Crippen molar-refractivity contribution in [3.05, 3.63) is 42.7 Å². The van der Waals surface area contributed by atoms with Crippen LogP contribution in [-0.4, -0.2) is 24.9 Å². The summed E-state index contributed by atoms with van der Waals surface area (Å²) in [6.45, 7) is 0. The maximum absolute atomic E-state index is 9.32. The van der Waals surface area contributed by atoms with Gasteiger partial charge >= 0.3 is 0 Å². The van der Waals surface area contributed by atoms with Crippen LogP contribution in [0.3, 0.4) is 0 Å². The molecule has 3 rings (SSSR count). The highest BCUT2D eigenvalue weighted by Gasteiger charge is 2.08. The van der Waals surface area contributed by atoms with Crippen LogP contribution in [0.4, 0.5) is 5.82 Å². The van der Waals surface area contributed by atoms with Crippen LogP contribution in [0.5, 0.6) is 5.75 Å². The number of aromatic hydroxyl groups is 1. The van der Waals surface area contributed by atoms with Crippen LogP contribution in [0.15, 0.2) is 42.7 Å². The minimum absolute atomic E-state index is 0.199. The van der Waals surface area contributed by atoms with Crippen LogP contribution in [0.25, 0.3) is 22.6 Å². The van der Waals surface area contributed by atoms with Crippen LogP contribution < -0.4 is 5.73 Å². The lowest BCUT2D eigenvalue weighted by Gasteiger charge is -2.04. The molecule has 0 aliphatic rings. The van der Waals surface area contributed by atoms with Gasteiger partial charge in [-0.1, -0.05) is 0 Å². The van der Waals surface area contributed by atoms with Crippen molar-refractivity contribution in [1.29, 1.82) is 0 Å². The average molecular weight is 267 g/mol. The SMILES string of the molecule is Cn1cc(-c2cc(N)nc(-c3ccc(O)cc3)n2)cn1. The Bertz CT molecular complexity index is 749. The van der Waals surface area contributed by atoms with Gasteiger partial charge in [0.05, 0.1) is 11.9 Å². The lowest BCUT2D eigenvalue weighted by molar-refractivity contribution is 0.475. The molecule has 0 amide bonds. The predicted molar refractivity (Wildman–Crippen MR) is 75.7 cm³/mol. The van der Waals surface area contributed by atoms with E-state index in [1.165, 1.54) is 0 Å². The average Bonchev–Trinajstić information content (AvgIpc) is 2.85. The van der Waals surface area contributed by atoms with E-state index in [0.29, 0.717) is 17.3 Å². The number of nitrogen functional groups attached to an aromatic ring is 1. The third kappa shape index (κ3) is 2.31. The Morgan fingerprint density at radius 2 is 1.85 bits per heavy atom.